The van der Waals surface area contributed by atoms with Crippen LogP contribution < -0.4 is 5.32 Å². The number of halogens is 1. The number of carbonyl (C=O) groups excluding carboxylic acids is 1. The van der Waals surface area contributed by atoms with Gasteiger partial charge >= 0.3 is 11.9 Å². The topological polar surface area (TPSA) is 122 Å². The number of amides is 1. The van der Waals surface area contributed by atoms with E-state index in [1.54, 1.807) is 0 Å². The molecule has 9 heteroatoms. The molecule has 3 N–H and O–H groups in total. The van der Waals surface area contributed by atoms with E-state index in [2.05, 4.69) is 43.4 Å². The molecule has 41 heavy (non-hydrogen) atoms. The van der Waals surface area contributed by atoms with Gasteiger partial charge in [-0.2, -0.15) is 0 Å². The van der Waals surface area contributed by atoms with Gasteiger partial charge in [0.15, 0.2) is 12.2 Å². The molecule has 0 aliphatic heterocycles. The third-order valence-electron chi connectivity index (χ3n) is 7.07. The lowest BCUT2D eigenvalue weighted by Crippen LogP contribution is -2.49. The summed E-state index contributed by atoms with van der Waals surface area (Å²) in [6, 6.07) is 12.5. The predicted octanol–water partition coefficient (Wildman–Crippen LogP) is 5.84. The first-order chi connectivity index (χ1) is 19.6. The maximum absolute atomic E-state index is 12.9. The Morgan fingerprint density at radius 2 is 1.37 bits per heavy atom. The summed E-state index contributed by atoms with van der Waals surface area (Å²) in [6.45, 7) is 5.82. The van der Waals surface area contributed by atoms with Gasteiger partial charge in [0.05, 0.1) is 0 Å². The van der Waals surface area contributed by atoms with E-state index in [1.807, 2.05) is 19.1 Å². The molecule has 0 radical (unpaired) electrons. The number of ether oxygens (including phenoxy) is 2. The summed E-state index contributed by atoms with van der Waals surface area (Å²) in [4.78, 5) is 35.7. The number of nitrogens with one attached hydrogen (secondary N) is 1. The van der Waals surface area contributed by atoms with Gasteiger partial charge in [-0.15, -0.1) is 0 Å². The van der Waals surface area contributed by atoms with Crippen molar-refractivity contribution in [2.75, 3.05) is 19.8 Å². The molecule has 0 saturated carbocycles. The number of carboxylic acid groups (broad SMARTS) is 2. The number of hydrogen-bond donors (Lipinski definition) is 3. The fraction of sp³-hybridized carbons (Fsp3) is 0.531. The Balaban J connectivity index is 1.77. The third-order valence-corrected chi connectivity index (χ3v) is 7.48. The summed E-state index contributed by atoms with van der Waals surface area (Å²) >= 11 is 6.19. The van der Waals surface area contributed by atoms with Crippen LogP contribution in [0.15, 0.2) is 36.4 Å². The molecule has 0 aliphatic carbocycles. The van der Waals surface area contributed by atoms with Crippen LogP contribution in [0, 0.1) is 20.8 Å². The quantitative estimate of drug-likeness (QED) is 0.166. The highest BCUT2D eigenvalue weighted by atomic mass is 35.5. The maximum atomic E-state index is 12.9. The van der Waals surface area contributed by atoms with Crippen LogP contribution in [0.5, 0.6) is 0 Å². The molecule has 226 valence electrons. The zero-order valence-corrected chi connectivity index (χ0v) is 25.2. The number of carbonyl (C=O) groups is 3. The van der Waals surface area contributed by atoms with Crippen LogP contribution in [0.2, 0.25) is 5.02 Å². The minimum absolute atomic E-state index is 0.161. The van der Waals surface area contributed by atoms with Gasteiger partial charge in [0.2, 0.25) is 0 Å². The van der Waals surface area contributed by atoms with Gasteiger partial charge in [0.25, 0.3) is 5.91 Å². The van der Waals surface area contributed by atoms with E-state index in [9.17, 15) is 19.5 Å². The highest BCUT2D eigenvalue weighted by Gasteiger charge is 2.36. The van der Waals surface area contributed by atoms with Crippen molar-refractivity contribution >= 4 is 29.4 Å². The Labute approximate surface area is 248 Å². The summed E-state index contributed by atoms with van der Waals surface area (Å²) in [7, 11) is 0. The van der Waals surface area contributed by atoms with E-state index >= 15 is 0 Å². The third kappa shape index (κ3) is 13.1. The molecule has 2 atom stereocenters. The molecule has 0 fully saturated rings. The van der Waals surface area contributed by atoms with Crippen molar-refractivity contribution < 1.29 is 34.1 Å². The zero-order chi connectivity index (χ0) is 30.2. The molecule has 0 heterocycles. The molecular weight excluding hydrogens is 546 g/mol. The van der Waals surface area contributed by atoms with Crippen molar-refractivity contribution in [1.29, 1.82) is 0 Å². The standard InChI is InChI=1S/C32H44ClNO7/c1-22-13-15-25(19-24(22)3)11-8-6-10-18-40-29(30(32(38)39)41-21-28(35)36)31(37)34-17-9-5-4-7-12-26-16-14-23(2)27(33)20-26/h13-16,19-20,29-30H,4-12,17-18,21H2,1-3H3,(H,34,37)(H,35,36)(H,38,39). The van der Waals surface area contributed by atoms with Gasteiger partial charge < -0.3 is 25.0 Å². The molecule has 0 aliphatic rings. The van der Waals surface area contributed by atoms with E-state index in [1.165, 1.54) is 22.3 Å². The van der Waals surface area contributed by atoms with Crippen molar-refractivity contribution in [1.82, 2.24) is 5.32 Å². The van der Waals surface area contributed by atoms with Crippen LogP contribution >= 0.6 is 11.6 Å². The lowest BCUT2D eigenvalue weighted by atomic mass is 10.0. The highest BCUT2D eigenvalue weighted by Crippen LogP contribution is 2.18. The van der Waals surface area contributed by atoms with E-state index in [4.69, 9.17) is 26.2 Å². The summed E-state index contributed by atoms with van der Waals surface area (Å²) < 4.78 is 10.7. The molecule has 0 bridgehead atoms. The first-order valence-corrected chi connectivity index (χ1v) is 14.7. The van der Waals surface area contributed by atoms with Gasteiger partial charge in [0.1, 0.15) is 6.61 Å². The number of rotatable bonds is 20. The molecule has 2 aromatic rings. The SMILES string of the molecule is Cc1ccc(CCCCCOC(C(=O)NCCCCCCc2ccc(C)c(Cl)c2)C(OCC(=O)O)C(=O)O)cc1C. The first-order valence-electron chi connectivity index (χ1n) is 14.3. The summed E-state index contributed by atoms with van der Waals surface area (Å²) in [6.07, 6.45) is 4.66. The van der Waals surface area contributed by atoms with Crippen molar-refractivity contribution in [3.63, 3.8) is 0 Å². The van der Waals surface area contributed by atoms with Crippen molar-refractivity contribution in [2.24, 2.45) is 0 Å². The van der Waals surface area contributed by atoms with Crippen molar-refractivity contribution in [2.45, 2.75) is 90.8 Å². The molecule has 2 aromatic carbocycles. The van der Waals surface area contributed by atoms with Gasteiger partial charge in [-0.1, -0.05) is 61.2 Å². The van der Waals surface area contributed by atoms with Crippen LogP contribution in [0.1, 0.15) is 72.8 Å². The van der Waals surface area contributed by atoms with E-state index in [-0.39, 0.29) is 6.61 Å². The van der Waals surface area contributed by atoms with E-state index in [0.717, 1.165) is 62.0 Å². The van der Waals surface area contributed by atoms with Gasteiger partial charge in [-0.25, -0.2) is 9.59 Å². The summed E-state index contributed by atoms with van der Waals surface area (Å²) in [5.74, 6) is -3.39. The first kappa shape index (κ1) is 34.3. The lowest BCUT2D eigenvalue weighted by Gasteiger charge is -2.23. The van der Waals surface area contributed by atoms with Gasteiger partial charge in [0, 0.05) is 18.2 Å². The highest BCUT2D eigenvalue weighted by molar-refractivity contribution is 6.31. The summed E-state index contributed by atoms with van der Waals surface area (Å²) in [5, 5.41) is 22.1. The fourth-order valence-corrected chi connectivity index (χ4v) is 4.64. The maximum Gasteiger partial charge on any atom is 0.336 e. The number of carboxylic acids is 2. The van der Waals surface area contributed by atoms with E-state index in [0.29, 0.717) is 13.0 Å². The minimum Gasteiger partial charge on any atom is -0.480 e. The van der Waals surface area contributed by atoms with Crippen LogP contribution in [0.3, 0.4) is 0 Å². The number of hydrogen-bond acceptors (Lipinski definition) is 5. The minimum atomic E-state index is -1.72. The molecule has 0 aromatic heterocycles. The average Bonchev–Trinajstić information content (AvgIpc) is 2.92. The fourth-order valence-electron chi connectivity index (χ4n) is 4.44. The Hall–Kier alpha value is -2.94. The summed E-state index contributed by atoms with van der Waals surface area (Å²) in [5.41, 5.74) is 6.03. The van der Waals surface area contributed by atoms with Gasteiger partial charge in [-0.05, 0) is 93.2 Å². The smallest absolute Gasteiger partial charge is 0.336 e. The molecule has 2 unspecified atom stereocenters. The second kappa shape index (κ2) is 18.5. The second-order valence-corrected chi connectivity index (χ2v) is 10.9. The Morgan fingerprint density at radius 3 is 1.98 bits per heavy atom. The molecule has 8 nitrogen and oxygen atoms in total. The van der Waals surface area contributed by atoms with Crippen molar-refractivity contribution in [3.05, 3.63) is 69.2 Å². The Kier molecular flexibility index (Phi) is 15.4. The number of aliphatic carboxylic acids is 2. The monoisotopic (exact) mass is 589 g/mol. The molecule has 1 amide bonds. The van der Waals surface area contributed by atoms with Crippen LogP contribution in [0.25, 0.3) is 0 Å². The van der Waals surface area contributed by atoms with Crippen molar-refractivity contribution in [3.8, 4) is 0 Å². The van der Waals surface area contributed by atoms with Gasteiger partial charge in [-0.3, -0.25) is 4.79 Å². The van der Waals surface area contributed by atoms with Crippen LogP contribution in [0.4, 0.5) is 0 Å². The predicted molar refractivity (Wildman–Crippen MR) is 160 cm³/mol. The molecule has 0 spiro atoms. The Morgan fingerprint density at radius 1 is 0.756 bits per heavy atom. The number of aryl methyl sites for hydroxylation is 5. The molecular formula is C32H44ClNO7. The van der Waals surface area contributed by atoms with Crippen LogP contribution in [-0.4, -0.2) is 60.0 Å². The normalized spacial score (nSPS) is 12.6. The number of benzene rings is 2. The molecule has 2 rings (SSSR count). The lowest BCUT2D eigenvalue weighted by molar-refractivity contribution is -0.172. The number of unbranched alkanes of at least 4 members (excludes halogenated alkanes) is 5. The van der Waals surface area contributed by atoms with E-state index < -0.39 is 36.7 Å². The van der Waals surface area contributed by atoms with Crippen LogP contribution in [-0.2, 0) is 36.7 Å². The second-order valence-electron chi connectivity index (χ2n) is 10.5. The Bertz CT molecular complexity index is 1140. The zero-order valence-electron chi connectivity index (χ0n) is 24.4. The largest absolute Gasteiger partial charge is 0.480 e. The average molecular weight is 590 g/mol. The molecule has 0 saturated heterocycles.